The number of aryl methyl sites for hydroxylation is 8. The number of fused-ring (bicyclic) bond motifs is 1. The first-order valence-electron chi connectivity index (χ1n) is 24.6. The number of pyridine rings is 3. The van der Waals surface area contributed by atoms with Gasteiger partial charge in [-0.2, -0.15) is 5.26 Å². The van der Waals surface area contributed by atoms with E-state index in [9.17, 15) is 5.26 Å². The maximum absolute atomic E-state index is 9.41. The van der Waals surface area contributed by atoms with Gasteiger partial charge < -0.3 is 15.0 Å². The van der Waals surface area contributed by atoms with Crippen molar-refractivity contribution in [1.29, 1.82) is 5.26 Å². The molecule has 348 valence electrons. The summed E-state index contributed by atoms with van der Waals surface area (Å²) in [4.78, 5) is 14.2. The molecule has 0 saturated carbocycles. The molecule has 0 atom stereocenters. The van der Waals surface area contributed by atoms with Crippen molar-refractivity contribution >= 4 is 0 Å². The summed E-state index contributed by atoms with van der Waals surface area (Å²) in [6.45, 7) is 4.16. The van der Waals surface area contributed by atoms with Crippen molar-refractivity contribution in [3.63, 3.8) is 0 Å². The monoisotopic (exact) mass is 1100 g/mol. The fourth-order valence-electron chi connectivity index (χ4n) is 9.89. The zero-order valence-electron chi connectivity index (χ0n) is 40.5. The normalized spacial score (nSPS) is 11.7. The Morgan fingerprint density at radius 1 is 0.444 bits per heavy atom. The Bertz CT molecular complexity index is 3550. The van der Waals surface area contributed by atoms with Crippen molar-refractivity contribution < 1.29 is 20.1 Å². The van der Waals surface area contributed by atoms with Crippen LogP contribution in [0.5, 0.6) is 0 Å². The molecular formula is C67H51IrN4. The molecule has 0 saturated heterocycles. The third kappa shape index (κ3) is 10.7. The summed E-state index contributed by atoms with van der Waals surface area (Å²) >= 11 is 0. The van der Waals surface area contributed by atoms with E-state index in [1.807, 2.05) is 42.7 Å². The molecule has 0 amide bonds. The predicted octanol–water partition coefficient (Wildman–Crippen LogP) is 15.5. The average Bonchev–Trinajstić information content (AvgIpc) is 3.91. The summed E-state index contributed by atoms with van der Waals surface area (Å²) in [5.74, 6) is 0. The van der Waals surface area contributed by atoms with Gasteiger partial charge in [0.2, 0.25) is 0 Å². The van der Waals surface area contributed by atoms with Crippen LogP contribution in [-0.2, 0) is 58.6 Å². The number of hydrogen-bond acceptors (Lipinski definition) is 4. The standard InChI is InChI=1S/C67H51N4.Ir/c1-45-34-35-69-66(36-45)56-25-17-48(18-26-56)12-14-51-37-50(13-11-47-15-23-55(24-16-47)65-33-10-46(2)43-70-65)38-60(39-51)61-8-3-4-9-62(61)63-32-31-58(67-41-57-6-5-7-59(57)44-71-67)40-64(63)54-29-27-53(28-30-54)52-21-19-49(42-68)20-22-52;/h3-4,8-10,15-23,25,27-30,32-41,43-44H,5-7,11-14H2,1-2H3;/q-3;+3. The second-order valence-electron chi connectivity index (χ2n) is 18.9. The molecule has 72 heavy (non-hydrogen) atoms. The van der Waals surface area contributed by atoms with E-state index in [4.69, 9.17) is 4.98 Å². The zero-order chi connectivity index (χ0) is 48.1. The van der Waals surface area contributed by atoms with Gasteiger partial charge in [-0.3, -0.25) is 0 Å². The van der Waals surface area contributed by atoms with Crippen molar-refractivity contribution in [2.24, 2.45) is 0 Å². The minimum absolute atomic E-state index is 0. The summed E-state index contributed by atoms with van der Waals surface area (Å²) in [5.41, 5.74) is 25.7. The van der Waals surface area contributed by atoms with Crippen LogP contribution in [0.4, 0.5) is 0 Å². The number of rotatable bonds is 13. The van der Waals surface area contributed by atoms with E-state index in [-0.39, 0.29) is 20.1 Å². The molecule has 7 aromatic carbocycles. The van der Waals surface area contributed by atoms with E-state index in [0.717, 1.165) is 111 Å². The van der Waals surface area contributed by atoms with Gasteiger partial charge in [0.25, 0.3) is 0 Å². The van der Waals surface area contributed by atoms with Crippen molar-refractivity contribution in [2.75, 3.05) is 0 Å². The van der Waals surface area contributed by atoms with Crippen LogP contribution < -0.4 is 0 Å². The topological polar surface area (TPSA) is 62.5 Å². The van der Waals surface area contributed by atoms with E-state index in [2.05, 4.69) is 194 Å². The van der Waals surface area contributed by atoms with Gasteiger partial charge in [-0.15, -0.1) is 94.5 Å². The average molecular weight is 1100 g/mol. The number of hydrogen-bond donors (Lipinski definition) is 0. The van der Waals surface area contributed by atoms with E-state index in [0.29, 0.717) is 5.56 Å². The van der Waals surface area contributed by atoms with Crippen LogP contribution >= 0.6 is 0 Å². The van der Waals surface area contributed by atoms with Crippen molar-refractivity contribution in [2.45, 2.75) is 58.8 Å². The van der Waals surface area contributed by atoms with Crippen molar-refractivity contribution in [3.05, 3.63) is 257 Å². The first kappa shape index (κ1) is 47.8. The molecule has 0 unspecified atom stereocenters. The van der Waals surface area contributed by atoms with Gasteiger partial charge in [0.1, 0.15) is 0 Å². The molecular weight excluding hydrogens is 1050 g/mol. The van der Waals surface area contributed by atoms with E-state index in [1.165, 1.54) is 56.5 Å². The summed E-state index contributed by atoms with van der Waals surface area (Å²) in [6.07, 6.45) is 12.8. The quantitative estimate of drug-likeness (QED) is 0.108. The van der Waals surface area contributed by atoms with Crippen molar-refractivity contribution in [3.8, 4) is 84.3 Å². The molecule has 0 aliphatic heterocycles. The number of aromatic nitrogens is 3. The van der Waals surface area contributed by atoms with Gasteiger partial charge in [-0.1, -0.05) is 144 Å². The SMILES string of the molecule is Cc1ccc(-c2[c-]cc(CCc3cc(CCc4c[c-]c(-c5cc(C)ccn5)cc4)cc(-c4ccccc4-c4c[c-]c(-c5cc6c(cn5)CCC6)cc4-c4ccc(-c5ccc(C#N)cc5)cc4)c3)cc2)nc1.[Ir+3]. The number of benzene rings is 7. The van der Waals surface area contributed by atoms with Crippen LogP contribution in [0.25, 0.3) is 78.3 Å². The van der Waals surface area contributed by atoms with Gasteiger partial charge >= 0.3 is 20.1 Å². The van der Waals surface area contributed by atoms with Crippen LogP contribution in [0.3, 0.4) is 0 Å². The maximum atomic E-state index is 9.41. The van der Waals surface area contributed by atoms with E-state index >= 15 is 0 Å². The smallest absolute Gasteiger partial charge is 0.305 e. The van der Waals surface area contributed by atoms with Gasteiger partial charge in [0, 0.05) is 18.6 Å². The zero-order valence-corrected chi connectivity index (χ0v) is 42.9. The maximum Gasteiger partial charge on any atom is 3.00 e. The largest absolute Gasteiger partial charge is 3.00 e. The van der Waals surface area contributed by atoms with E-state index < -0.39 is 0 Å². The Kier molecular flexibility index (Phi) is 14.4. The van der Waals surface area contributed by atoms with Crippen LogP contribution in [-0.4, -0.2) is 15.0 Å². The second-order valence-corrected chi connectivity index (χ2v) is 18.9. The Morgan fingerprint density at radius 2 is 1.06 bits per heavy atom. The molecule has 3 aromatic heterocycles. The molecule has 4 nitrogen and oxygen atoms in total. The van der Waals surface area contributed by atoms with E-state index in [1.54, 1.807) is 0 Å². The third-order valence-corrected chi connectivity index (χ3v) is 13.9. The molecule has 0 spiro atoms. The van der Waals surface area contributed by atoms with Crippen LogP contribution in [0.2, 0.25) is 0 Å². The Morgan fingerprint density at radius 3 is 1.71 bits per heavy atom. The fraction of sp³-hybridized carbons (Fsp3) is 0.134. The second kappa shape index (κ2) is 21.6. The molecule has 5 heteroatoms. The van der Waals surface area contributed by atoms with Crippen LogP contribution in [0.15, 0.2) is 188 Å². The van der Waals surface area contributed by atoms with Gasteiger partial charge in [-0.25, -0.2) is 0 Å². The molecule has 3 heterocycles. The summed E-state index contributed by atoms with van der Waals surface area (Å²) < 4.78 is 0. The van der Waals surface area contributed by atoms with Crippen LogP contribution in [0.1, 0.15) is 56.5 Å². The first-order valence-corrected chi connectivity index (χ1v) is 24.6. The summed E-state index contributed by atoms with van der Waals surface area (Å²) in [5, 5.41) is 9.41. The van der Waals surface area contributed by atoms with Crippen LogP contribution in [0, 0.1) is 43.4 Å². The van der Waals surface area contributed by atoms with Gasteiger partial charge in [0.05, 0.1) is 11.6 Å². The molecule has 0 N–H and O–H groups in total. The molecule has 0 fully saturated rings. The Balaban J connectivity index is 0.00000596. The predicted molar refractivity (Wildman–Crippen MR) is 288 cm³/mol. The molecule has 1 aliphatic rings. The van der Waals surface area contributed by atoms with Gasteiger partial charge in [0.15, 0.2) is 0 Å². The van der Waals surface area contributed by atoms with Crippen molar-refractivity contribution in [1.82, 2.24) is 15.0 Å². The molecule has 1 aliphatic carbocycles. The molecule has 11 rings (SSSR count). The molecule has 10 aromatic rings. The minimum atomic E-state index is 0. The Labute approximate surface area is 437 Å². The fourth-order valence-corrected chi connectivity index (χ4v) is 9.89. The number of nitrogens with zero attached hydrogens (tertiary/aromatic N) is 4. The summed E-state index contributed by atoms with van der Waals surface area (Å²) in [6, 6.07) is 73.6. The summed E-state index contributed by atoms with van der Waals surface area (Å²) in [7, 11) is 0. The number of nitriles is 1. The first-order chi connectivity index (χ1) is 34.9. The van der Waals surface area contributed by atoms with Gasteiger partial charge in [-0.05, 0) is 131 Å². The molecule has 0 radical (unpaired) electrons. The molecule has 0 bridgehead atoms. The Hall–Kier alpha value is -7.87. The minimum Gasteiger partial charge on any atom is -0.305 e. The third-order valence-electron chi connectivity index (χ3n) is 13.9.